The van der Waals surface area contributed by atoms with E-state index in [1.54, 1.807) is 6.20 Å². The van der Waals surface area contributed by atoms with Gasteiger partial charge < -0.3 is 10.1 Å². The fourth-order valence-corrected chi connectivity index (χ4v) is 6.02. The van der Waals surface area contributed by atoms with E-state index in [2.05, 4.69) is 14.8 Å². The Morgan fingerprint density at radius 3 is 2.69 bits per heavy atom. The van der Waals surface area contributed by atoms with Crippen molar-refractivity contribution in [1.29, 1.82) is 0 Å². The van der Waals surface area contributed by atoms with Gasteiger partial charge in [0.1, 0.15) is 4.21 Å². The normalized spacial score (nSPS) is 13.7. The summed E-state index contributed by atoms with van der Waals surface area (Å²) in [5.41, 5.74) is 0.856. The van der Waals surface area contributed by atoms with Gasteiger partial charge in [0.05, 0.1) is 17.2 Å². The standard InChI is InChI=1S/C20H19F3N4O3S2/c1-27-16(9-18(25-27)20(21,22)23)17-6-7-19(31-17)32(29,30)26-13(11-28)8-12-10-24-15-5-3-2-4-14(12)15/h2-7,9-10,13,24,26,28H,8,11H2,1H3. The second-order valence-electron chi connectivity index (χ2n) is 7.22. The minimum Gasteiger partial charge on any atom is -0.395 e. The van der Waals surface area contributed by atoms with Crippen molar-refractivity contribution < 1.29 is 26.7 Å². The van der Waals surface area contributed by atoms with Crippen LogP contribution in [0.25, 0.3) is 21.5 Å². The highest BCUT2D eigenvalue weighted by Crippen LogP contribution is 2.35. The van der Waals surface area contributed by atoms with E-state index < -0.39 is 34.5 Å². The second kappa shape index (κ2) is 8.35. The van der Waals surface area contributed by atoms with Gasteiger partial charge in [0.15, 0.2) is 5.69 Å². The molecule has 0 amide bonds. The first-order valence-electron chi connectivity index (χ1n) is 9.48. The maximum absolute atomic E-state index is 12.9. The molecule has 1 atom stereocenters. The minimum absolute atomic E-state index is 0.0698. The quantitative estimate of drug-likeness (QED) is 0.374. The van der Waals surface area contributed by atoms with Crippen molar-refractivity contribution in [1.82, 2.24) is 19.5 Å². The molecule has 3 heterocycles. The Balaban J connectivity index is 1.55. The lowest BCUT2D eigenvalue weighted by Crippen LogP contribution is -2.38. The van der Waals surface area contributed by atoms with E-state index in [1.807, 2.05) is 24.3 Å². The molecular formula is C20H19F3N4O3S2. The molecule has 170 valence electrons. The van der Waals surface area contributed by atoms with Crippen LogP contribution in [-0.2, 0) is 29.7 Å². The molecule has 0 aliphatic heterocycles. The number of para-hydroxylation sites is 1. The predicted octanol–water partition coefficient (Wildman–Crippen LogP) is 3.53. The largest absolute Gasteiger partial charge is 0.435 e. The summed E-state index contributed by atoms with van der Waals surface area (Å²) in [6.45, 7) is -0.423. The van der Waals surface area contributed by atoms with E-state index in [9.17, 15) is 26.7 Å². The van der Waals surface area contributed by atoms with Crippen LogP contribution >= 0.6 is 11.3 Å². The van der Waals surface area contributed by atoms with Crippen LogP contribution in [0.3, 0.4) is 0 Å². The number of rotatable bonds is 7. The highest BCUT2D eigenvalue weighted by atomic mass is 32.2. The van der Waals surface area contributed by atoms with Crippen LogP contribution in [0, 0.1) is 0 Å². The Labute approximate surface area is 185 Å². The average Bonchev–Trinajstić information content (AvgIpc) is 3.45. The van der Waals surface area contributed by atoms with Crippen LogP contribution in [-0.4, -0.2) is 40.9 Å². The van der Waals surface area contributed by atoms with Crippen molar-refractivity contribution in [2.24, 2.45) is 7.05 Å². The number of H-pyrrole nitrogens is 1. The summed E-state index contributed by atoms with van der Waals surface area (Å²) >= 11 is 0.828. The van der Waals surface area contributed by atoms with Gasteiger partial charge in [-0.1, -0.05) is 18.2 Å². The van der Waals surface area contributed by atoms with Crippen molar-refractivity contribution in [3.05, 3.63) is 59.9 Å². The number of aryl methyl sites for hydroxylation is 1. The Kier molecular flexibility index (Phi) is 5.88. The predicted molar refractivity (Wildman–Crippen MR) is 115 cm³/mol. The third kappa shape index (κ3) is 4.44. The molecule has 0 saturated carbocycles. The number of aromatic nitrogens is 3. The Hall–Kier alpha value is -2.67. The zero-order valence-corrected chi connectivity index (χ0v) is 18.4. The molecule has 7 nitrogen and oxygen atoms in total. The molecule has 32 heavy (non-hydrogen) atoms. The van der Waals surface area contributed by atoms with Crippen LogP contribution in [0.1, 0.15) is 11.3 Å². The lowest BCUT2D eigenvalue weighted by Gasteiger charge is -2.15. The van der Waals surface area contributed by atoms with Gasteiger partial charge in [-0.15, -0.1) is 11.3 Å². The summed E-state index contributed by atoms with van der Waals surface area (Å²) in [5, 5.41) is 14.1. The smallest absolute Gasteiger partial charge is 0.395 e. The molecule has 1 unspecified atom stereocenters. The van der Waals surface area contributed by atoms with Crippen molar-refractivity contribution >= 4 is 32.3 Å². The van der Waals surface area contributed by atoms with Gasteiger partial charge in [-0.25, -0.2) is 13.1 Å². The summed E-state index contributed by atoms with van der Waals surface area (Å²) in [4.78, 5) is 3.43. The maximum Gasteiger partial charge on any atom is 0.435 e. The molecular weight excluding hydrogens is 465 g/mol. The zero-order chi connectivity index (χ0) is 23.1. The van der Waals surface area contributed by atoms with Crippen LogP contribution < -0.4 is 4.72 Å². The number of thiophene rings is 1. The summed E-state index contributed by atoms with van der Waals surface area (Å²) < 4.78 is 68.0. The number of sulfonamides is 1. The van der Waals surface area contributed by atoms with Gasteiger partial charge in [0.2, 0.25) is 10.0 Å². The number of fused-ring (bicyclic) bond motifs is 1. The van der Waals surface area contributed by atoms with Crippen LogP contribution in [0.15, 0.2) is 52.9 Å². The van der Waals surface area contributed by atoms with Crippen molar-refractivity contribution in [2.45, 2.75) is 22.8 Å². The molecule has 1 aromatic carbocycles. The Bertz CT molecular complexity index is 1360. The number of halogens is 3. The van der Waals surface area contributed by atoms with Gasteiger partial charge in [0.25, 0.3) is 0 Å². The van der Waals surface area contributed by atoms with E-state index in [4.69, 9.17) is 0 Å². The Morgan fingerprint density at radius 2 is 2.00 bits per heavy atom. The molecule has 3 N–H and O–H groups in total. The number of nitrogens with zero attached hydrogens (tertiary/aromatic N) is 2. The number of aliphatic hydroxyl groups is 1. The monoisotopic (exact) mass is 484 g/mol. The minimum atomic E-state index is -4.60. The number of alkyl halides is 3. The SMILES string of the molecule is Cn1nc(C(F)(F)F)cc1-c1ccc(S(=O)(=O)NC(CO)Cc2c[nH]c3ccccc23)s1. The van der Waals surface area contributed by atoms with E-state index in [-0.39, 0.29) is 16.3 Å². The summed E-state index contributed by atoms with van der Waals surface area (Å²) in [5.74, 6) is 0. The third-order valence-corrected chi connectivity index (χ3v) is 8.07. The average molecular weight is 485 g/mol. The number of benzene rings is 1. The molecule has 0 spiro atoms. The fourth-order valence-electron chi connectivity index (χ4n) is 3.43. The van der Waals surface area contributed by atoms with E-state index in [0.29, 0.717) is 4.88 Å². The van der Waals surface area contributed by atoms with E-state index in [1.165, 1.54) is 19.2 Å². The molecule has 0 saturated heterocycles. The summed E-state index contributed by atoms with van der Waals surface area (Å²) in [7, 11) is -2.64. The van der Waals surface area contributed by atoms with Gasteiger partial charge in [0, 0.05) is 30.2 Å². The van der Waals surface area contributed by atoms with Crippen LogP contribution in [0.5, 0.6) is 0 Å². The number of hydrogen-bond donors (Lipinski definition) is 3. The molecule has 0 aliphatic rings. The second-order valence-corrected chi connectivity index (χ2v) is 10.2. The molecule has 12 heteroatoms. The van der Waals surface area contributed by atoms with Crippen molar-refractivity contribution in [2.75, 3.05) is 6.61 Å². The molecule has 0 fully saturated rings. The highest BCUT2D eigenvalue weighted by molar-refractivity contribution is 7.91. The van der Waals surface area contributed by atoms with Crippen molar-refractivity contribution in [3.8, 4) is 10.6 Å². The van der Waals surface area contributed by atoms with Gasteiger partial charge in [-0.05, 0) is 36.2 Å². The lowest BCUT2D eigenvalue weighted by atomic mass is 10.1. The first-order valence-corrected chi connectivity index (χ1v) is 11.8. The maximum atomic E-state index is 12.9. The van der Waals surface area contributed by atoms with Crippen LogP contribution in [0.4, 0.5) is 13.2 Å². The molecule has 0 radical (unpaired) electrons. The third-order valence-electron chi connectivity index (χ3n) is 4.95. The van der Waals surface area contributed by atoms with Crippen molar-refractivity contribution in [3.63, 3.8) is 0 Å². The number of aromatic amines is 1. The number of hydrogen-bond acceptors (Lipinski definition) is 5. The number of nitrogens with one attached hydrogen (secondary N) is 2. The lowest BCUT2D eigenvalue weighted by molar-refractivity contribution is -0.141. The first kappa shape index (κ1) is 22.5. The first-order chi connectivity index (χ1) is 15.1. The van der Waals surface area contributed by atoms with Crippen LogP contribution in [0.2, 0.25) is 0 Å². The molecule has 0 aliphatic carbocycles. The van der Waals surface area contributed by atoms with Gasteiger partial charge >= 0.3 is 6.18 Å². The van der Waals surface area contributed by atoms with Gasteiger partial charge in [-0.3, -0.25) is 4.68 Å². The molecule has 4 aromatic rings. The number of aliphatic hydroxyl groups excluding tert-OH is 1. The van der Waals surface area contributed by atoms with Gasteiger partial charge in [-0.2, -0.15) is 18.3 Å². The topological polar surface area (TPSA) is 100 Å². The summed E-state index contributed by atoms with van der Waals surface area (Å²) in [6, 6.07) is 10.4. The van der Waals surface area contributed by atoms with E-state index >= 15 is 0 Å². The summed E-state index contributed by atoms with van der Waals surface area (Å²) in [6.07, 6.45) is -2.57. The molecule has 0 bridgehead atoms. The zero-order valence-electron chi connectivity index (χ0n) is 16.7. The molecule has 4 rings (SSSR count). The highest BCUT2D eigenvalue weighted by Gasteiger charge is 2.35. The van der Waals surface area contributed by atoms with E-state index in [0.717, 1.165) is 38.6 Å². The Morgan fingerprint density at radius 1 is 1.25 bits per heavy atom. The molecule has 3 aromatic heterocycles. The fraction of sp³-hybridized carbons (Fsp3) is 0.250.